The number of carbonyl (C=O) groups is 2. The molecule has 0 aliphatic rings. The van der Waals surface area contributed by atoms with E-state index in [1.165, 1.54) is 10.6 Å². The van der Waals surface area contributed by atoms with Crippen LogP contribution < -0.4 is 10.9 Å². The predicted octanol–water partition coefficient (Wildman–Crippen LogP) is 1.38. The number of aromatic nitrogens is 2. The van der Waals surface area contributed by atoms with Gasteiger partial charge in [0.1, 0.15) is 17.3 Å². The second-order valence-electron chi connectivity index (χ2n) is 5.42. The van der Waals surface area contributed by atoms with Crippen LogP contribution in [0.4, 0.5) is 0 Å². The molecule has 0 bridgehead atoms. The molecule has 2 aromatic rings. The standard InChI is InChI=1S/C16H19N3O4/c1-3-4-5-12(16(22)23)18-14(20)11-8-17-13-7-6-10(2)9-19(13)15(11)21/h6-9,12H,3-5H2,1-2H3,(H,18,20)(H,22,23)/t12-/m0/s1. The number of carboxylic acids is 1. The molecule has 0 aromatic carbocycles. The molecule has 2 aromatic heterocycles. The van der Waals surface area contributed by atoms with Crippen molar-refractivity contribution in [2.24, 2.45) is 0 Å². The minimum Gasteiger partial charge on any atom is -0.480 e. The zero-order chi connectivity index (χ0) is 17.0. The Balaban J connectivity index is 2.32. The molecule has 7 heteroatoms. The first-order chi connectivity index (χ1) is 10.9. The Morgan fingerprint density at radius 1 is 1.39 bits per heavy atom. The van der Waals surface area contributed by atoms with Crippen molar-refractivity contribution < 1.29 is 14.7 Å². The SMILES string of the molecule is CCCC[C@H](NC(=O)c1cnc2ccc(C)cn2c1=O)C(=O)O. The van der Waals surface area contributed by atoms with Crippen molar-refractivity contribution in [3.05, 3.63) is 46.0 Å². The summed E-state index contributed by atoms with van der Waals surface area (Å²) in [4.78, 5) is 39.9. The van der Waals surface area contributed by atoms with Gasteiger partial charge in [-0.05, 0) is 25.0 Å². The number of nitrogens with one attached hydrogen (secondary N) is 1. The number of rotatable bonds is 6. The Hall–Kier alpha value is -2.70. The molecule has 0 radical (unpaired) electrons. The molecular formula is C16H19N3O4. The summed E-state index contributed by atoms with van der Waals surface area (Å²) >= 11 is 0. The van der Waals surface area contributed by atoms with Gasteiger partial charge in [-0.15, -0.1) is 0 Å². The van der Waals surface area contributed by atoms with E-state index in [2.05, 4.69) is 10.3 Å². The van der Waals surface area contributed by atoms with Crippen molar-refractivity contribution in [3.8, 4) is 0 Å². The Morgan fingerprint density at radius 3 is 2.78 bits per heavy atom. The molecule has 2 heterocycles. The highest BCUT2D eigenvalue weighted by Crippen LogP contribution is 2.04. The van der Waals surface area contributed by atoms with Crippen molar-refractivity contribution >= 4 is 17.5 Å². The molecule has 2 rings (SSSR count). The van der Waals surface area contributed by atoms with E-state index in [1.54, 1.807) is 12.3 Å². The predicted molar refractivity (Wildman–Crippen MR) is 84.6 cm³/mol. The summed E-state index contributed by atoms with van der Waals surface area (Å²) in [6.45, 7) is 3.76. The van der Waals surface area contributed by atoms with Crippen LogP contribution >= 0.6 is 0 Å². The summed E-state index contributed by atoms with van der Waals surface area (Å²) in [7, 11) is 0. The minimum absolute atomic E-state index is 0.171. The Morgan fingerprint density at radius 2 is 2.13 bits per heavy atom. The molecule has 0 aliphatic carbocycles. The van der Waals surface area contributed by atoms with E-state index in [4.69, 9.17) is 5.11 Å². The van der Waals surface area contributed by atoms with Gasteiger partial charge in [-0.25, -0.2) is 9.78 Å². The van der Waals surface area contributed by atoms with E-state index in [1.807, 2.05) is 19.9 Å². The number of carbonyl (C=O) groups excluding carboxylic acids is 1. The lowest BCUT2D eigenvalue weighted by molar-refractivity contribution is -0.139. The first kappa shape index (κ1) is 16.7. The van der Waals surface area contributed by atoms with Crippen molar-refractivity contribution in [2.75, 3.05) is 0 Å². The molecule has 23 heavy (non-hydrogen) atoms. The fourth-order valence-corrected chi connectivity index (χ4v) is 2.24. The van der Waals surface area contributed by atoms with Crippen molar-refractivity contribution in [1.29, 1.82) is 0 Å². The number of unbranched alkanes of at least 4 members (excludes halogenated alkanes) is 1. The average Bonchev–Trinajstić information content (AvgIpc) is 2.51. The lowest BCUT2D eigenvalue weighted by atomic mass is 10.1. The maximum Gasteiger partial charge on any atom is 0.326 e. The molecule has 7 nitrogen and oxygen atoms in total. The number of aryl methyl sites for hydroxylation is 1. The summed E-state index contributed by atoms with van der Waals surface area (Å²) < 4.78 is 1.28. The van der Waals surface area contributed by atoms with E-state index in [0.717, 1.165) is 12.0 Å². The molecule has 2 N–H and O–H groups in total. The van der Waals surface area contributed by atoms with Crippen LogP contribution in [0.2, 0.25) is 0 Å². The van der Waals surface area contributed by atoms with Crippen LogP contribution in [0.15, 0.2) is 29.3 Å². The van der Waals surface area contributed by atoms with Crippen LogP contribution in [0.3, 0.4) is 0 Å². The highest BCUT2D eigenvalue weighted by Gasteiger charge is 2.22. The average molecular weight is 317 g/mol. The molecule has 0 saturated carbocycles. The second-order valence-corrected chi connectivity index (χ2v) is 5.42. The first-order valence-electron chi connectivity index (χ1n) is 7.45. The van der Waals surface area contributed by atoms with Crippen LogP contribution in [0, 0.1) is 6.92 Å². The second kappa shape index (κ2) is 7.04. The van der Waals surface area contributed by atoms with Crippen molar-refractivity contribution in [1.82, 2.24) is 14.7 Å². The Labute approximate surface area is 133 Å². The quantitative estimate of drug-likeness (QED) is 0.838. The monoisotopic (exact) mass is 317 g/mol. The summed E-state index contributed by atoms with van der Waals surface area (Å²) in [6, 6.07) is 2.48. The van der Waals surface area contributed by atoms with Crippen LogP contribution in [0.1, 0.15) is 42.1 Å². The number of fused-ring (bicyclic) bond motifs is 1. The summed E-state index contributed by atoms with van der Waals surface area (Å²) in [5, 5.41) is 11.6. The lowest BCUT2D eigenvalue weighted by Gasteiger charge is -2.14. The molecule has 0 spiro atoms. The zero-order valence-corrected chi connectivity index (χ0v) is 13.1. The molecule has 0 fully saturated rings. The maximum atomic E-state index is 12.4. The summed E-state index contributed by atoms with van der Waals surface area (Å²) in [5.41, 5.74) is 0.593. The van der Waals surface area contributed by atoms with E-state index in [-0.39, 0.29) is 5.56 Å². The van der Waals surface area contributed by atoms with Crippen molar-refractivity contribution in [3.63, 3.8) is 0 Å². The van der Waals surface area contributed by atoms with Gasteiger partial charge in [0.05, 0.1) is 0 Å². The number of amides is 1. The van der Waals surface area contributed by atoms with E-state index < -0.39 is 23.5 Å². The van der Waals surface area contributed by atoms with Gasteiger partial charge in [-0.3, -0.25) is 14.0 Å². The minimum atomic E-state index is -1.11. The molecule has 0 unspecified atom stereocenters. The van der Waals surface area contributed by atoms with Crippen LogP contribution in [-0.2, 0) is 4.79 Å². The number of hydrogen-bond acceptors (Lipinski definition) is 4. The van der Waals surface area contributed by atoms with Gasteiger partial charge in [0.25, 0.3) is 11.5 Å². The number of hydrogen-bond donors (Lipinski definition) is 2. The largest absolute Gasteiger partial charge is 0.480 e. The first-order valence-corrected chi connectivity index (χ1v) is 7.45. The third-order valence-electron chi connectivity index (χ3n) is 3.54. The number of nitrogens with zero attached hydrogens (tertiary/aromatic N) is 2. The van der Waals surface area contributed by atoms with Gasteiger partial charge < -0.3 is 10.4 Å². The van der Waals surface area contributed by atoms with Crippen LogP contribution in [0.25, 0.3) is 5.65 Å². The molecule has 1 atom stereocenters. The van der Waals surface area contributed by atoms with Crippen LogP contribution in [-0.4, -0.2) is 32.4 Å². The van der Waals surface area contributed by atoms with Gasteiger partial charge in [0, 0.05) is 12.4 Å². The normalized spacial score (nSPS) is 12.1. The van der Waals surface area contributed by atoms with Crippen molar-refractivity contribution in [2.45, 2.75) is 39.2 Å². The molecule has 1 amide bonds. The Bertz CT molecular complexity index is 798. The smallest absolute Gasteiger partial charge is 0.326 e. The van der Waals surface area contributed by atoms with E-state index in [9.17, 15) is 14.4 Å². The van der Waals surface area contributed by atoms with Gasteiger partial charge in [-0.2, -0.15) is 0 Å². The fraction of sp³-hybridized carbons (Fsp3) is 0.375. The maximum absolute atomic E-state index is 12.4. The third kappa shape index (κ3) is 3.74. The molecular weight excluding hydrogens is 298 g/mol. The molecule has 122 valence electrons. The molecule has 0 aliphatic heterocycles. The van der Waals surface area contributed by atoms with Gasteiger partial charge >= 0.3 is 5.97 Å². The van der Waals surface area contributed by atoms with E-state index >= 15 is 0 Å². The number of aliphatic carboxylic acids is 1. The Kier molecular flexibility index (Phi) is 5.10. The highest BCUT2D eigenvalue weighted by molar-refractivity contribution is 5.96. The van der Waals surface area contributed by atoms with Gasteiger partial charge in [-0.1, -0.05) is 25.8 Å². The topological polar surface area (TPSA) is 101 Å². The fourth-order valence-electron chi connectivity index (χ4n) is 2.24. The number of carboxylic acid groups (broad SMARTS) is 1. The summed E-state index contributed by atoms with van der Waals surface area (Å²) in [5.74, 6) is -1.83. The van der Waals surface area contributed by atoms with Gasteiger partial charge in [0.2, 0.25) is 0 Å². The number of pyridine rings is 1. The van der Waals surface area contributed by atoms with Gasteiger partial charge in [0.15, 0.2) is 0 Å². The highest BCUT2D eigenvalue weighted by atomic mass is 16.4. The lowest BCUT2D eigenvalue weighted by Crippen LogP contribution is -2.42. The summed E-state index contributed by atoms with van der Waals surface area (Å²) in [6.07, 6.45) is 4.58. The molecule has 0 saturated heterocycles. The van der Waals surface area contributed by atoms with E-state index in [0.29, 0.717) is 18.5 Å². The zero-order valence-electron chi connectivity index (χ0n) is 13.1. The third-order valence-corrected chi connectivity index (χ3v) is 3.54. The van der Waals surface area contributed by atoms with Crippen LogP contribution in [0.5, 0.6) is 0 Å².